The second kappa shape index (κ2) is 7.38. The maximum Gasteiger partial charge on any atom is 0.273 e. The Morgan fingerprint density at radius 1 is 1.38 bits per heavy atom. The number of carbonyl (C=O) groups is 1. The lowest BCUT2D eigenvalue weighted by Crippen LogP contribution is -2.27. The zero-order valence-corrected chi connectivity index (χ0v) is 14.7. The van der Waals surface area contributed by atoms with Crippen LogP contribution in [0, 0.1) is 19.7 Å². The summed E-state index contributed by atoms with van der Waals surface area (Å²) in [5.41, 5.74) is 2.79. The lowest BCUT2D eigenvalue weighted by Gasteiger charge is -2.13. The minimum absolute atomic E-state index is 0.0796. The molecule has 0 aliphatic rings. The highest BCUT2D eigenvalue weighted by Crippen LogP contribution is 2.20. The van der Waals surface area contributed by atoms with Crippen LogP contribution in [0.5, 0.6) is 5.75 Å². The van der Waals surface area contributed by atoms with Crippen molar-refractivity contribution < 1.29 is 18.3 Å². The maximum atomic E-state index is 13.5. The van der Waals surface area contributed by atoms with Gasteiger partial charge in [-0.3, -0.25) is 9.89 Å². The number of aromatic amines is 1. The summed E-state index contributed by atoms with van der Waals surface area (Å²) >= 11 is 0. The van der Waals surface area contributed by atoms with Crippen molar-refractivity contribution in [2.24, 2.45) is 0 Å². The van der Waals surface area contributed by atoms with E-state index in [4.69, 9.17) is 9.15 Å². The molecule has 3 aromatic rings. The number of nitrogens with zero attached hydrogens (tertiary/aromatic N) is 2. The molecular formula is C18H19FN4O3. The van der Waals surface area contributed by atoms with Crippen LogP contribution in [0.2, 0.25) is 0 Å². The predicted octanol–water partition coefficient (Wildman–Crippen LogP) is 3.22. The van der Waals surface area contributed by atoms with Gasteiger partial charge >= 0.3 is 0 Å². The van der Waals surface area contributed by atoms with Gasteiger partial charge in [0, 0.05) is 11.3 Å². The van der Waals surface area contributed by atoms with Crippen LogP contribution in [0.1, 0.15) is 46.3 Å². The molecule has 1 unspecified atom stereocenters. The Labute approximate surface area is 149 Å². The van der Waals surface area contributed by atoms with Gasteiger partial charge < -0.3 is 14.5 Å². The molecule has 0 aliphatic heterocycles. The molecule has 0 fully saturated rings. The van der Waals surface area contributed by atoms with Crippen LogP contribution in [-0.4, -0.2) is 21.1 Å². The number of oxazole rings is 1. The third-order valence-corrected chi connectivity index (χ3v) is 3.94. The number of carbonyl (C=O) groups excluding carboxylic acids is 1. The summed E-state index contributed by atoms with van der Waals surface area (Å²) in [5.74, 6) is -0.576. The van der Waals surface area contributed by atoms with E-state index < -0.39 is 5.82 Å². The largest absolute Gasteiger partial charge is 0.481 e. The third-order valence-electron chi connectivity index (χ3n) is 3.94. The number of rotatable bonds is 6. The van der Waals surface area contributed by atoms with E-state index in [0.29, 0.717) is 0 Å². The first-order chi connectivity index (χ1) is 12.5. The van der Waals surface area contributed by atoms with Gasteiger partial charge in [0.25, 0.3) is 5.91 Å². The molecule has 136 valence electrons. The van der Waals surface area contributed by atoms with Crippen molar-refractivity contribution in [3.05, 3.63) is 64.9 Å². The Morgan fingerprint density at radius 2 is 2.15 bits per heavy atom. The molecule has 2 N–H and O–H groups in total. The Hall–Kier alpha value is -3.16. The lowest BCUT2D eigenvalue weighted by atomic mass is 10.1. The summed E-state index contributed by atoms with van der Waals surface area (Å²) in [6.07, 6.45) is 1.25. The molecule has 26 heavy (non-hydrogen) atoms. The van der Waals surface area contributed by atoms with Gasteiger partial charge in [-0.1, -0.05) is 12.1 Å². The zero-order chi connectivity index (χ0) is 18.7. The quantitative estimate of drug-likeness (QED) is 0.706. The summed E-state index contributed by atoms with van der Waals surface area (Å²) in [4.78, 5) is 16.4. The van der Waals surface area contributed by atoms with Gasteiger partial charge in [0.05, 0.1) is 11.7 Å². The number of aromatic nitrogens is 3. The lowest BCUT2D eigenvalue weighted by molar-refractivity contribution is 0.0934. The number of amides is 1. The molecule has 3 rings (SSSR count). The monoisotopic (exact) mass is 358 g/mol. The standard InChI is InChI=1S/C18H19FN4O3/c1-10(17-11(2)22-23-12(17)3)20-18(24)14-8-26-16(21-14)9-25-15-7-5-4-6-13(15)19/h4-8,10H,9H2,1-3H3,(H,20,24)(H,22,23). The number of benzene rings is 1. The van der Waals surface area contributed by atoms with E-state index in [1.165, 1.54) is 18.4 Å². The van der Waals surface area contributed by atoms with E-state index in [2.05, 4.69) is 20.5 Å². The number of nitrogens with one attached hydrogen (secondary N) is 2. The highest BCUT2D eigenvalue weighted by Gasteiger charge is 2.19. The molecule has 0 saturated carbocycles. The van der Waals surface area contributed by atoms with Crippen molar-refractivity contribution in [2.75, 3.05) is 0 Å². The highest BCUT2D eigenvalue weighted by atomic mass is 19.1. The second-order valence-electron chi connectivity index (χ2n) is 5.89. The minimum atomic E-state index is -0.475. The third kappa shape index (κ3) is 3.74. The van der Waals surface area contributed by atoms with Crippen molar-refractivity contribution in [1.29, 1.82) is 0 Å². The summed E-state index contributed by atoms with van der Waals surface area (Å²) in [6, 6.07) is 5.79. The van der Waals surface area contributed by atoms with Crippen molar-refractivity contribution in [1.82, 2.24) is 20.5 Å². The fourth-order valence-corrected chi connectivity index (χ4v) is 2.72. The summed E-state index contributed by atoms with van der Waals surface area (Å²) in [7, 11) is 0. The molecule has 1 aromatic carbocycles. The molecule has 0 radical (unpaired) electrons. The van der Waals surface area contributed by atoms with Crippen LogP contribution in [0.25, 0.3) is 0 Å². The van der Waals surface area contributed by atoms with Gasteiger partial charge in [-0.2, -0.15) is 5.10 Å². The van der Waals surface area contributed by atoms with E-state index in [1.807, 2.05) is 20.8 Å². The van der Waals surface area contributed by atoms with Gasteiger partial charge in [0.2, 0.25) is 5.89 Å². The second-order valence-corrected chi connectivity index (χ2v) is 5.89. The average Bonchev–Trinajstić information content (AvgIpc) is 3.21. The predicted molar refractivity (Wildman–Crippen MR) is 91.2 cm³/mol. The molecule has 2 aromatic heterocycles. The Bertz CT molecular complexity index is 899. The summed E-state index contributed by atoms with van der Waals surface area (Å²) in [6.45, 7) is 5.55. The molecule has 0 aliphatic carbocycles. The molecule has 8 heteroatoms. The van der Waals surface area contributed by atoms with Crippen LogP contribution in [0.4, 0.5) is 4.39 Å². The molecule has 0 bridgehead atoms. The van der Waals surface area contributed by atoms with Crippen LogP contribution in [-0.2, 0) is 6.61 Å². The molecule has 1 atom stereocenters. The number of aryl methyl sites for hydroxylation is 2. The number of H-pyrrole nitrogens is 1. The summed E-state index contributed by atoms with van der Waals surface area (Å²) in [5, 5.41) is 9.87. The maximum absolute atomic E-state index is 13.5. The average molecular weight is 358 g/mol. The van der Waals surface area contributed by atoms with E-state index in [-0.39, 0.29) is 35.9 Å². The molecule has 0 spiro atoms. The SMILES string of the molecule is Cc1n[nH]c(C)c1C(C)NC(=O)c1coc(COc2ccccc2F)n1. The van der Waals surface area contributed by atoms with E-state index in [0.717, 1.165) is 17.0 Å². The van der Waals surface area contributed by atoms with Crippen LogP contribution in [0.3, 0.4) is 0 Å². The highest BCUT2D eigenvalue weighted by molar-refractivity contribution is 5.92. The van der Waals surface area contributed by atoms with Crippen LogP contribution < -0.4 is 10.1 Å². The smallest absolute Gasteiger partial charge is 0.273 e. The van der Waals surface area contributed by atoms with Crippen molar-refractivity contribution in [3.8, 4) is 5.75 Å². The Balaban J connectivity index is 1.62. The Kier molecular flexibility index (Phi) is 5.01. The number of halogens is 1. The van der Waals surface area contributed by atoms with Gasteiger partial charge in [-0.25, -0.2) is 9.37 Å². The number of hydrogen-bond acceptors (Lipinski definition) is 5. The minimum Gasteiger partial charge on any atom is -0.481 e. The first-order valence-electron chi connectivity index (χ1n) is 8.09. The Morgan fingerprint density at radius 3 is 2.85 bits per heavy atom. The van der Waals surface area contributed by atoms with Gasteiger partial charge in [0.15, 0.2) is 23.9 Å². The molecule has 2 heterocycles. The van der Waals surface area contributed by atoms with E-state index in [1.54, 1.807) is 12.1 Å². The number of ether oxygens (including phenoxy) is 1. The van der Waals surface area contributed by atoms with E-state index >= 15 is 0 Å². The summed E-state index contributed by atoms with van der Waals surface area (Å²) < 4.78 is 24.1. The first-order valence-corrected chi connectivity index (χ1v) is 8.09. The van der Waals surface area contributed by atoms with Crippen molar-refractivity contribution >= 4 is 5.91 Å². The van der Waals surface area contributed by atoms with Gasteiger partial charge in [-0.05, 0) is 32.9 Å². The molecule has 1 amide bonds. The molecule has 0 saturated heterocycles. The van der Waals surface area contributed by atoms with Gasteiger partial charge in [0.1, 0.15) is 6.26 Å². The van der Waals surface area contributed by atoms with Gasteiger partial charge in [-0.15, -0.1) is 0 Å². The topological polar surface area (TPSA) is 93.0 Å². The molecular weight excluding hydrogens is 339 g/mol. The molecule has 7 nitrogen and oxygen atoms in total. The van der Waals surface area contributed by atoms with Crippen LogP contribution in [0.15, 0.2) is 34.9 Å². The van der Waals surface area contributed by atoms with Crippen molar-refractivity contribution in [2.45, 2.75) is 33.4 Å². The zero-order valence-electron chi connectivity index (χ0n) is 14.7. The van der Waals surface area contributed by atoms with Crippen molar-refractivity contribution in [3.63, 3.8) is 0 Å². The first kappa shape index (κ1) is 17.7. The number of hydrogen-bond donors (Lipinski definition) is 2. The van der Waals surface area contributed by atoms with Crippen LogP contribution >= 0.6 is 0 Å². The normalized spacial score (nSPS) is 12.0. The number of para-hydroxylation sites is 1. The fourth-order valence-electron chi connectivity index (χ4n) is 2.72. The fraction of sp³-hybridized carbons (Fsp3) is 0.278. The van der Waals surface area contributed by atoms with E-state index in [9.17, 15) is 9.18 Å².